The summed E-state index contributed by atoms with van der Waals surface area (Å²) >= 11 is 0. The lowest BCUT2D eigenvalue weighted by molar-refractivity contribution is 0.399. The Bertz CT molecular complexity index is 2180. The number of fused-ring (bicyclic) bond motifs is 9. The van der Waals surface area contributed by atoms with Crippen molar-refractivity contribution in [1.29, 1.82) is 0 Å². The molecule has 3 heteroatoms. The molecule has 3 nitrogen and oxygen atoms in total. The highest BCUT2D eigenvalue weighted by atomic mass is 16.5. The summed E-state index contributed by atoms with van der Waals surface area (Å²) in [6, 6.07) is 46.9. The molecule has 0 saturated heterocycles. The minimum atomic E-state index is -0.630. The second kappa shape index (κ2) is 9.87. The molecule has 1 spiro atoms. The van der Waals surface area contributed by atoms with Crippen LogP contribution in [-0.4, -0.2) is 0 Å². The van der Waals surface area contributed by atoms with Gasteiger partial charge in [0, 0.05) is 22.3 Å². The first kappa shape index (κ1) is 25.7. The van der Waals surface area contributed by atoms with Gasteiger partial charge in [-0.2, -0.15) is 0 Å². The maximum absolute atomic E-state index is 6.75. The lowest BCUT2D eigenvalue weighted by Crippen LogP contribution is -2.36. The van der Waals surface area contributed by atoms with Gasteiger partial charge in [0.05, 0.1) is 5.41 Å². The fourth-order valence-corrected chi connectivity index (χ4v) is 7.17. The van der Waals surface area contributed by atoms with Crippen LogP contribution in [0.1, 0.15) is 27.8 Å². The maximum atomic E-state index is 6.75. The summed E-state index contributed by atoms with van der Waals surface area (Å²) in [6.07, 6.45) is 4.81. The zero-order valence-corrected chi connectivity index (χ0v) is 24.5. The summed E-state index contributed by atoms with van der Waals surface area (Å²) < 4.78 is 19.4. The van der Waals surface area contributed by atoms with Crippen LogP contribution in [0.4, 0.5) is 0 Å². The van der Waals surface area contributed by atoms with Crippen LogP contribution in [0.5, 0.6) is 28.7 Å². The molecule has 6 aromatic carbocycles. The molecule has 1 unspecified atom stereocenters. The van der Waals surface area contributed by atoms with E-state index in [9.17, 15) is 0 Å². The second-order valence-electron chi connectivity index (χ2n) is 11.7. The van der Waals surface area contributed by atoms with Crippen LogP contribution in [0.2, 0.25) is 0 Å². The van der Waals surface area contributed by atoms with E-state index in [1.807, 2.05) is 30.3 Å². The summed E-state index contributed by atoms with van der Waals surface area (Å²) in [4.78, 5) is 0. The van der Waals surface area contributed by atoms with Gasteiger partial charge in [0.2, 0.25) is 0 Å². The van der Waals surface area contributed by atoms with Crippen LogP contribution in [0.3, 0.4) is 0 Å². The lowest BCUT2D eigenvalue weighted by Gasteiger charge is -2.45. The fourth-order valence-electron chi connectivity index (χ4n) is 7.17. The van der Waals surface area contributed by atoms with Crippen molar-refractivity contribution in [3.05, 3.63) is 186 Å². The molecule has 0 saturated carbocycles. The van der Waals surface area contributed by atoms with E-state index < -0.39 is 5.41 Å². The third-order valence-electron chi connectivity index (χ3n) is 9.18. The highest BCUT2D eigenvalue weighted by Gasteiger charge is 2.50. The van der Waals surface area contributed by atoms with Gasteiger partial charge in [-0.25, -0.2) is 0 Å². The number of rotatable bonds is 2. The predicted octanol–water partition coefficient (Wildman–Crippen LogP) is 10.6. The Hall–Kier alpha value is -5.80. The molecule has 1 atom stereocenters. The Morgan fingerprint density at radius 3 is 1.64 bits per heavy atom. The van der Waals surface area contributed by atoms with Crippen LogP contribution >= 0.6 is 0 Å². The minimum absolute atomic E-state index is 0.630. The molecule has 0 fully saturated rings. The van der Waals surface area contributed by atoms with Crippen molar-refractivity contribution < 1.29 is 14.2 Å². The second-order valence-corrected chi connectivity index (χ2v) is 11.7. The molecule has 0 radical (unpaired) electrons. The average Bonchev–Trinajstić information content (AvgIpc) is 3.28. The highest BCUT2D eigenvalue weighted by Crippen LogP contribution is 2.61. The molecule has 0 aromatic heterocycles. The van der Waals surface area contributed by atoms with Crippen molar-refractivity contribution in [2.75, 3.05) is 0 Å². The van der Waals surface area contributed by atoms with Gasteiger partial charge in [-0.3, -0.25) is 0 Å². The normalized spacial score (nSPS) is 16.9. The zero-order chi connectivity index (χ0) is 30.0. The number of allylic oxidation sites excluding steroid dienone is 2. The van der Waals surface area contributed by atoms with Gasteiger partial charge in [-0.15, -0.1) is 0 Å². The molecule has 45 heavy (non-hydrogen) atoms. The van der Waals surface area contributed by atoms with Crippen molar-refractivity contribution in [2.24, 2.45) is 0 Å². The number of benzene rings is 6. The van der Waals surface area contributed by atoms with Crippen molar-refractivity contribution in [1.82, 2.24) is 0 Å². The topological polar surface area (TPSA) is 27.7 Å². The lowest BCUT2D eigenvalue weighted by atomic mass is 9.62. The quantitative estimate of drug-likeness (QED) is 0.204. The summed E-state index contributed by atoms with van der Waals surface area (Å²) in [5, 5.41) is 0. The molecule has 0 amide bonds. The summed E-state index contributed by atoms with van der Waals surface area (Å²) in [5.74, 6) is 4.88. The van der Waals surface area contributed by atoms with Crippen LogP contribution in [0, 0.1) is 0 Å². The molecule has 3 aliphatic rings. The zero-order valence-electron chi connectivity index (χ0n) is 24.5. The maximum Gasteiger partial charge on any atom is 0.132 e. The Balaban J connectivity index is 1.27. The molecular formula is C42H28O3. The fraction of sp³-hybridized carbons (Fsp3) is 0.0476. The number of hydrogen-bond donors (Lipinski definition) is 0. The molecule has 0 N–H and O–H groups in total. The molecule has 0 aliphatic carbocycles. The molecular weight excluding hydrogens is 552 g/mol. The van der Waals surface area contributed by atoms with E-state index in [4.69, 9.17) is 14.2 Å². The third kappa shape index (κ3) is 3.91. The standard InChI is InChI=1S/C42H28O3/c1-27-10-9-13-32-24-29(20-23-37(32)43-27)31-19-22-36-41(26-31)45-39-17-8-6-15-34(39)42(36)33-14-5-7-16-38(33)44-40-25-30(18-21-35(40)42)28-11-3-2-4-12-28/h2-12,14-26H,1,13H2. The minimum Gasteiger partial charge on any atom is -0.458 e. The van der Waals surface area contributed by atoms with E-state index in [0.29, 0.717) is 5.76 Å². The van der Waals surface area contributed by atoms with E-state index >= 15 is 0 Å². The average molecular weight is 581 g/mol. The molecule has 6 aromatic rings. The molecule has 0 bridgehead atoms. The summed E-state index contributed by atoms with van der Waals surface area (Å²) in [6.45, 7) is 3.98. The van der Waals surface area contributed by atoms with E-state index in [2.05, 4.69) is 122 Å². The number of hydrogen-bond acceptors (Lipinski definition) is 3. The molecule has 9 rings (SSSR count). The first-order valence-corrected chi connectivity index (χ1v) is 15.2. The summed E-state index contributed by atoms with van der Waals surface area (Å²) in [5.41, 5.74) is 9.35. The van der Waals surface area contributed by atoms with E-state index in [1.54, 1.807) is 0 Å². The smallest absolute Gasteiger partial charge is 0.132 e. The van der Waals surface area contributed by atoms with E-state index in [-0.39, 0.29) is 0 Å². The Morgan fingerprint density at radius 1 is 0.444 bits per heavy atom. The van der Waals surface area contributed by atoms with E-state index in [1.165, 1.54) is 0 Å². The van der Waals surface area contributed by atoms with E-state index in [0.717, 1.165) is 85.2 Å². The Labute approximate surface area is 262 Å². The largest absolute Gasteiger partial charge is 0.458 e. The monoisotopic (exact) mass is 580 g/mol. The first-order valence-electron chi connectivity index (χ1n) is 15.2. The highest BCUT2D eigenvalue weighted by molar-refractivity contribution is 5.79. The van der Waals surface area contributed by atoms with Crippen molar-refractivity contribution in [3.63, 3.8) is 0 Å². The predicted molar refractivity (Wildman–Crippen MR) is 178 cm³/mol. The van der Waals surface area contributed by atoms with Gasteiger partial charge in [-0.05, 0) is 76.7 Å². The van der Waals surface area contributed by atoms with Gasteiger partial charge < -0.3 is 14.2 Å². The van der Waals surface area contributed by atoms with Gasteiger partial charge in [0.15, 0.2) is 0 Å². The SMILES string of the molecule is C=C1C=CCc2cc(-c3ccc4c(c3)Oc3ccccc3C43c4ccccc4Oc4cc(-c5ccccc5)ccc43)ccc2O1. The van der Waals surface area contributed by atoms with Crippen molar-refractivity contribution in [3.8, 4) is 51.0 Å². The van der Waals surface area contributed by atoms with Crippen molar-refractivity contribution >= 4 is 0 Å². The van der Waals surface area contributed by atoms with Gasteiger partial charge >= 0.3 is 0 Å². The number of para-hydroxylation sites is 2. The third-order valence-corrected chi connectivity index (χ3v) is 9.18. The first-order chi connectivity index (χ1) is 22.2. The summed E-state index contributed by atoms with van der Waals surface area (Å²) in [7, 11) is 0. The Kier molecular flexibility index (Phi) is 5.63. The number of ether oxygens (including phenoxy) is 3. The van der Waals surface area contributed by atoms with Crippen LogP contribution in [0.15, 0.2) is 158 Å². The van der Waals surface area contributed by atoms with Gasteiger partial charge in [0.1, 0.15) is 34.5 Å². The van der Waals surface area contributed by atoms with Crippen molar-refractivity contribution in [2.45, 2.75) is 11.8 Å². The van der Waals surface area contributed by atoms with Crippen LogP contribution < -0.4 is 14.2 Å². The van der Waals surface area contributed by atoms with Crippen LogP contribution in [0.25, 0.3) is 22.3 Å². The van der Waals surface area contributed by atoms with Gasteiger partial charge in [-0.1, -0.05) is 110 Å². The Morgan fingerprint density at radius 2 is 0.978 bits per heavy atom. The molecule has 3 aliphatic heterocycles. The molecule has 214 valence electrons. The molecule has 3 heterocycles. The van der Waals surface area contributed by atoms with Gasteiger partial charge in [0.25, 0.3) is 0 Å². The van der Waals surface area contributed by atoms with Crippen LogP contribution in [-0.2, 0) is 11.8 Å².